The van der Waals surface area contributed by atoms with Crippen LogP contribution in [0.25, 0.3) is 0 Å². The third kappa shape index (κ3) is 2.54. The van der Waals surface area contributed by atoms with Gasteiger partial charge in [-0.1, -0.05) is 6.92 Å². The Labute approximate surface area is 110 Å². The van der Waals surface area contributed by atoms with Crippen LogP contribution in [0.5, 0.6) is 5.75 Å². The van der Waals surface area contributed by atoms with Crippen molar-refractivity contribution in [1.29, 1.82) is 0 Å². The van der Waals surface area contributed by atoms with E-state index in [-0.39, 0.29) is 11.7 Å². The Bertz CT molecular complexity index is 575. The maximum Gasteiger partial charge on any atom is 0.266 e. The molecule has 2 N–H and O–H groups in total. The standard InChI is InChI=1S/C14H15NO2S/c1-3-10-6-7-18-13(10)14(17)15-12-5-4-11(16)8-9(12)2/h4-8,16H,3H2,1-2H3,(H,15,17). The number of nitrogens with one attached hydrogen (secondary N) is 1. The number of aromatic hydroxyl groups is 1. The van der Waals surface area contributed by atoms with Crippen LogP contribution in [0, 0.1) is 6.92 Å². The molecule has 1 aromatic heterocycles. The number of hydrogen-bond acceptors (Lipinski definition) is 3. The fourth-order valence-corrected chi connectivity index (χ4v) is 2.67. The van der Waals surface area contributed by atoms with Gasteiger partial charge in [-0.25, -0.2) is 0 Å². The van der Waals surface area contributed by atoms with Crippen LogP contribution in [0.1, 0.15) is 27.7 Å². The van der Waals surface area contributed by atoms with Crippen LogP contribution in [0.15, 0.2) is 29.6 Å². The van der Waals surface area contributed by atoms with Crippen molar-refractivity contribution >= 4 is 22.9 Å². The molecule has 3 nitrogen and oxygen atoms in total. The Morgan fingerprint density at radius 3 is 2.83 bits per heavy atom. The molecule has 2 aromatic rings. The van der Waals surface area contributed by atoms with Gasteiger partial charge in [0.2, 0.25) is 0 Å². The number of thiophene rings is 1. The molecule has 0 fully saturated rings. The number of aryl methyl sites for hydroxylation is 2. The Morgan fingerprint density at radius 2 is 2.17 bits per heavy atom. The summed E-state index contributed by atoms with van der Waals surface area (Å²) >= 11 is 1.45. The maximum atomic E-state index is 12.1. The van der Waals surface area contributed by atoms with Crippen molar-refractivity contribution in [2.45, 2.75) is 20.3 Å². The minimum Gasteiger partial charge on any atom is -0.508 e. The minimum atomic E-state index is -0.0874. The number of benzene rings is 1. The number of amides is 1. The average Bonchev–Trinajstić information content (AvgIpc) is 2.81. The van der Waals surface area contributed by atoms with Gasteiger partial charge in [-0.05, 0) is 54.1 Å². The lowest BCUT2D eigenvalue weighted by Gasteiger charge is -2.08. The van der Waals surface area contributed by atoms with Crippen molar-refractivity contribution in [2.24, 2.45) is 0 Å². The summed E-state index contributed by atoms with van der Waals surface area (Å²) in [7, 11) is 0. The van der Waals surface area contributed by atoms with Gasteiger partial charge in [0.05, 0.1) is 4.88 Å². The monoisotopic (exact) mass is 261 g/mol. The van der Waals surface area contributed by atoms with E-state index in [1.54, 1.807) is 18.2 Å². The molecule has 0 aliphatic carbocycles. The zero-order valence-electron chi connectivity index (χ0n) is 10.4. The summed E-state index contributed by atoms with van der Waals surface area (Å²) < 4.78 is 0. The summed E-state index contributed by atoms with van der Waals surface area (Å²) in [5.74, 6) is 0.117. The van der Waals surface area contributed by atoms with Gasteiger partial charge in [-0.3, -0.25) is 4.79 Å². The number of hydrogen-bond donors (Lipinski definition) is 2. The van der Waals surface area contributed by atoms with E-state index in [1.807, 2.05) is 25.3 Å². The molecule has 0 saturated heterocycles. The molecule has 0 atom stereocenters. The van der Waals surface area contributed by atoms with E-state index in [0.717, 1.165) is 28.1 Å². The van der Waals surface area contributed by atoms with Gasteiger partial charge in [0.15, 0.2) is 0 Å². The number of carbonyl (C=O) groups is 1. The maximum absolute atomic E-state index is 12.1. The van der Waals surface area contributed by atoms with Crippen molar-refractivity contribution in [3.8, 4) is 5.75 Å². The molecule has 18 heavy (non-hydrogen) atoms. The van der Waals surface area contributed by atoms with Gasteiger partial charge >= 0.3 is 0 Å². The van der Waals surface area contributed by atoms with Crippen LogP contribution in [0.4, 0.5) is 5.69 Å². The molecule has 4 heteroatoms. The number of anilines is 1. The number of phenols is 1. The topological polar surface area (TPSA) is 49.3 Å². The average molecular weight is 261 g/mol. The van der Waals surface area contributed by atoms with Crippen molar-refractivity contribution in [3.63, 3.8) is 0 Å². The van der Waals surface area contributed by atoms with E-state index in [4.69, 9.17) is 0 Å². The first kappa shape index (κ1) is 12.6. The first-order chi connectivity index (χ1) is 8.61. The Hall–Kier alpha value is -1.81. The lowest BCUT2D eigenvalue weighted by molar-refractivity contribution is 0.102. The summed E-state index contributed by atoms with van der Waals surface area (Å²) in [6.07, 6.45) is 0.848. The zero-order chi connectivity index (χ0) is 13.1. The van der Waals surface area contributed by atoms with E-state index in [1.165, 1.54) is 11.3 Å². The molecule has 0 radical (unpaired) electrons. The minimum absolute atomic E-state index is 0.0874. The molecule has 0 saturated carbocycles. The SMILES string of the molecule is CCc1ccsc1C(=O)Nc1ccc(O)cc1C. The van der Waals surface area contributed by atoms with Gasteiger partial charge in [-0.15, -0.1) is 11.3 Å². The second kappa shape index (κ2) is 5.23. The highest BCUT2D eigenvalue weighted by Gasteiger charge is 2.13. The van der Waals surface area contributed by atoms with Crippen LogP contribution in [-0.2, 0) is 6.42 Å². The molecule has 0 unspecified atom stereocenters. The fraction of sp³-hybridized carbons (Fsp3) is 0.214. The lowest BCUT2D eigenvalue weighted by atomic mass is 10.1. The molecule has 1 aromatic carbocycles. The van der Waals surface area contributed by atoms with Gasteiger partial charge in [0.1, 0.15) is 5.75 Å². The molecule has 1 heterocycles. The number of carbonyl (C=O) groups excluding carboxylic acids is 1. The first-order valence-corrected chi connectivity index (χ1v) is 6.67. The number of phenolic OH excluding ortho intramolecular Hbond substituents is 1. The summed E-state index contributed by atoms with van der Waals surface area (Å²) in [6.45, 7) is 3.88. The smallest absolute Gasteiger partial charge is 0.266 e. The van der Waals surface area contributed by atoms with E-state index >= 15 is 0 Å². The largest absolute Gasteiger partial charge is 0.508 e. The van der Waals surface area contributed by atoms with Crippen molar-refractivity contribution in [3.05, 3.63) is 45.6 Å². The van der Waals surface area contributed by atoms with Crippen molar-refractivity contribution in [1.82, 2.24) is 0 Å². The molecular formula is C14H15NO2S. The highest BCUT2D eigenvalue weighted by atomic mass is 32.1. The van der Waals surface area contributed by atoms with Crippen LogP contribution in [-0.4, -0.2) is 11.0 Å². The number of rotatable bonds is 3. The molecule has 0 aliphatic rings. The van der Waals surface area contributed by atoms with E-state index < -0.39 is 0 Å². The van der Waals surface area contributed by atoms with Crippen molar-refractivity contribution < 1.29 is 9.90 Å². The summed E-state index contributed by atoms with van der Waals surface area (Å²) in [4.78, 5) is 12.9. The van der Waals surface area contributed by atoms with E-state index in [9.17, 15) is 9.90 Å². The molecule has 0 aliphatic heterocycles. The lowest BCUT2D eigenvalue weighted by Crippen LogP contribution is -2.12. The highest BCUT2D eigenvalue weighted by Crippen LogP contribution is 2.23. The highest BCUT2D eigenvalue weighted by molar-refractivity contribution is 7.12. The van der Waals surface area contributed by atoms with Gasteiger partial charge in [0.25, 0.3) is 5.91 Å². The third-order valence-electron chi connectivity index (χ3n) is 2.79. The van der Waals surface area contributed by atoms with Gasteiger partial charge in [0, 0.05) is 5.69 Å². The summed E-state index contributed by atoms with van der Waals surface area (Å²) in [5, 5.41) is 14.1. The second-order valence-electron chi connectivity index (χ2n) is 4.08. The molecule has 0 spiro atoms. The van der Waals surface area contributed by atoms with E-state index in [0.29, 0.717) is 0 Å². The van der Waals surface area contributed by atoms with Gasteiger partial charge < -0.3 is 10.4 Å². The molecular weight excluding hydrogens is 246 g/mol. The normalized spacial score (nSPS) is 10.3. The predicted octanol–water partition coefficient (Wildman–Crippen LogP) is 3.58. The Morgan fingerprint density at radius 1 is 1.39 bits per heavy atom. The van der Waals surface area contributed by atoms with Gasteiger partial charge in [-0.2, -0.15) is 0 Å². The van der Waals surface area contributed by atoms with E-state index in [2.05, 4.69) is 5.32 Å². The first-order valence-electron chi connectivity index (χ1n) is 5.79. The predicted molar refractivity (Wildman–Crippen MR) is 74.5 cm³/mol. The van der Waals surface area contributed by atoms with Crippen LogP contribution in [0.3, 0.4) is 0 Å². The van der Waals surface area contributed by atoms with Crippen LogP contribution in [0.2, 0.25) is 0 Å². The van der Waals surface area contributed by atoms with Crippen molar-refractivity contribution in [2.75, 3.05) is 5.32 Å². The molecule has 2 rings (SSSR count). The van der Waals surface area contributed by atoms with Crippen LogP contribution >= 0.6 is 11.3 Å². The quantitative estimate of drug-likeness (QED) is 0.830. The Kier molecular flexibility index (Phi) is 3.67. The Balaban J connectivity index is 2.21. The van der Waals surface area contributed by atoms with Crippen LogP contribution < -0.4 is 5.32 Å². The fourth-order valence-electron chi connectivity index (χ4n) is 1.78. The molecule has 94 valence electrons. The molecule has 1 amide bonds. The summed E-state index contributed by atoms with van der Waals surface area (Å²) in [5.41, 5.74) is 2.64. The third-order valence-corrected chi connectivity index (χ3v) is 3.75. The second-order valence-corrected chi connectivity index (χ2v) is 5.00. The molecule has 0 bridgehead atoms. The zero-order valence-corrected chi connectivity index (χ0v) is 11.2. The summed E-state index contributed by atoms with van der Waals surface area (Å²) in [6, 6.07) is 6.88.